The molecule has 0 saturated heterocycles. The molecule has 13 heavy (non-hydrogen) atoms. The van der Waals surface area contributed by atoms with Crippen LogP contribution in [0.15, 0.2) is 48.7 Å². The maximum absolute atomic E-state index is 10.8. The Morgan fingerprint density at radius 1 is 1.31 bits per heavy atom. The Bertz CT molecular complexity index is 272. The molecule has 0 aromatic rings. The summed E-state index contributed by atoms with van der Waals surface area (Å²) in [5.41, 5.74) is 1.71. The van der Waals surface area contributed by atoms with E-state index in [1.165, 1.54) is 6.92 Å². The largest absolute Gasteiger partial charge is 0.326 e. The van der Waals surface area contributed by atoms with Gasteiger partial charge < -0.3 is 5.32 Å². The first kappa shape index (κ1) is 11.4. The molecule has 2 heteroatoms. The highest BCUT2D eigenvalue weighted by atomic mass is 16.1. The van der Waals surface area contributed by atoms with Gasteiger partial charge in [0.05, 0.1) is 0 Å². The summed E-state index contributed by atoms with van der Waals surface area (Å²) in [6.07, 6.45) is 6.90. The lowest BCUT2D eigenvalue weighted by atomic mass is 10.2. The van der Waals surface area contributed by atoms with Crippen molar-refractivity contribution in [2.24, 2.45) is 0 Å². The smallest absolute Gasteiger partial charge is 0.221 e. The van der Waals surface area contributed by atoms with Gasteiger partial charge >= 0.3 is 0 Å². The fourth-order valence-corrected chi connectivity index (χ4v) is 0.760. The van der Waals surface area contributed by atoms with Gasteiger partial charge in [0.2, 0.25) is 5.91 Å². The highest BCUT2D eigenvalue weighted by molar-refractivity contribution is 5.75. The molecule has 2 nitrogen and oxygen atoms in total. The normalized spacial score (nSPS) is 12.2. The van der Waals surface area contributed by atoms with Crippen LogP contribution in [-0.4, -0.2) is 5.91 Å². The number of nitrogens with one attached hydrogen (secondary N) is 1. The minimum absolute atomic E-state index is 0.0961. The van der Waals surface area contributed by atoms with Gasteiger partial charge in [-0.3, -0.25) is 4.79 Å². The lowest BCUT2D eigenvalue weighted by Gasteiger charge is -2.02. The van der Waals surface area contributed by atoms with Crippen LogP contribution in [0, 0.1) is 0 Å². The van der Waals surface area contributed by atoms with Crippen LogP contribution in [0.5, 0.6) is 0 Å². The van der Waals surface area contributed by atoms with E-state index in [-0.39, 0.29) is 5.91 Å². The zero-order valence-corrected chi connectivity index (χ0v) is 8.13. The van der Waals surface area contributed by atoms with Gasteiger partial charge in [-0.15, -0.1) is 0 Å². The van der Waals surface area contributed by atoms with Crippen molar-refractivity contribution in [1.29, 1.82) is 0 Å². The van der Waals surface area contributed by atoms with Crippen molar-refractivity contribution in [2.45, 2.75) is 13.8 Å². The molecule has 0 atom stereocenters. The molecular formula is C11H15NO. The summed E-state index contributed by atoms with van der Waals surface area (Å²) in [6, 6.07) is 0. The number of amides is 1. The van der Waals surface area contributed by atoms with E-state index in [0.29, 0.717) is 0 Å². The Morgan fingerprint density at radius 2 is 1.92 bits per heavy atom. The second-order valence-corrected chi connectivity index (χ2v) is 2.63. The van der Waals surface area contributed by atoms with Gasteiger partial charge in [0.15, 0.2) is 0 Å². The van der Waals surface area contributed by atoms with E-state index < -0.39 is 0 Å². The molecule has 0 radical (unpaired) electrons. The molecule has 0 aliphatic carbocycles. The van der Waals surface area contributed by atoms with Gasteiger partial charge in [-0.25, -0.2) is 0 Å². The van der Waals surface area contributed by atoms with Crippen molar-refractivity contribution in [3.05, 3.63) is 48.7 Å². The number of hydrogen-bond donors (Lipinski definition) is 1. The molecule has 1 amide bonds. The van der Waals surface area contributed by atoms with Gasteiger partial charge in [0.1, 0.15) is 0 Å². The Kier molecular flexibility index (Phi) is 5.28. The van der Waals surface area contributed by atoms with E-state index in [2.05, 4.69) is 18.5 Å². The third-order valence-corrected chi connectivity index (χ3v) is 1.32. The molecule has 0 rings (SSSR count). The molecule has 0 fully saturated rings. The van der Waals surface area contributed by atoms with Gasteiger partial charge in [-0.2, -0.15) is 0 Å². The zero-order chi connectivity index (χ0) is 10.3. The Morgan fingerprint density at radius 3 is 2.31 bits per heavy atom. The van der Waals surface area contributed by atoms with E-state index in [1.54, 1.807) is 18.2 Å². The summed E-state index contributed by atoms with van der Waals surface area (Å²) in [7, 11) is 0. The second kappa shape index (κ2) is 6.00. The number of allylic oxidation sites excluding steroid dienone is 5. The number of hydrogen-bond acceptors (Lipinski definition) is 1. The molecule has 0 unspecified atom stereocenters. The molecule has 0 aliphatic heterocycles. The monoisotopic (exact) mass is 177 g/mol. The lowest BCUT2D eigenvalue weighted by Crippen LogP contribution is -2.17. The van der Waals surface area contributed by atoms with Crippen LogP contribution in [0.4, 0.5) is 0 Å². The minimum atomic E-state index is -0.0961. The summed E-state index contributed by atoms with van der Waals surface area (Å²) in [5, 5.41) is 2.67. The molecule has 0 heterocycles. The summed E-state index contributed by atoms with van der Waals surface area (Å²) in [6.45, 7) is 10.6. The second-order valence-electron chi connectivity index (χ2n) is 2.63. The van der Waals surface area contributed by atoms with Gasteiger partial charge in [0, 0.05) is 12.6 Å². The van der Waals surface area contributed by atoms with Crippen molar-refractivity contribution in [3.63, 3.8) is 0 Å². The fourth-order valence-electron chi connectivity index (χ4n) is 0.760. The average molecular weight is 177 g/mol. The van der Waals surface area contributed by atoms with Crippen molar-refractivity contribution in [3.8, 4) is 0 Å². The van der Waals surface area contributed by atoms with Crippen molar-refractivity contribution in [1.82, 2.24) is 5.32 Å². The molecule has 0 spiro atoms. The van der Waals surface area contributed by atoms with Crippen molar-refractivity contribution in [2.75, 3.05) is 0 Å². The third-order valence-electron chi connectivity index (χ3n) is 1.32. The zero-order valence-electron chi connectivity index (χ0n) is 8.13. The highest BCUT2D eigenvalue weighted by Gasteiger charge is 1.94. The SMILES string of the molecule is C=C/C=C(\C=C(\C)C=C)NC(C)=O. The predicted octanol–water partition coefficient (Wildman–Crippen LogP) is 2.32. The fraction of sp³-hybridized carbons (Fsp3) is 0.182. The standard InChI is InChI=1S/C11H15NO/c1-5-7-11(12-10(4)13)8-9(3)6-2/h5-8H,1-2H2,3-4H3,(H,12,13)/b9-8-,11-7+. The lowest BCUT2D eigenvalue weighted by molar-refractivity contribution is -0.118. The van der Waals surface area contributed by atoms with Crippen molar-refractivity contribution >= 4 is 5.91 Å². The van der Waals surface area contributed by atoms with E-state index in [1.807, 2.05) is 13.0 Å². The summed E-state index contributed by atoms with van der Waals surface area (Å²) >= 11 is 0. The van der Waals surface area contributed by atoms with E-state index in [4.69, 9.17) is 0 Å². The van der Waals surface area contributed by atoms with Crippen molar-refractivity contribution < 1.29 is 4.79 Å². The van der Waals surface area contributed by atoms with Crippen LogP contribution in [0.2, 0.25) is 0 Å². The van der Waals surface area contributed by atoms with Gasteiger partial charge in [-0.1, -0.05) is 25.3 Å². The van der Waals surface area contributed by atoms with Gasteiger partial charge in [-0.05, 0) is 24.6 Å². The molecule has 0 aliphatic rings. The predicted molar refractivity (Wildman–Crippen MR) is 56.1 cm³/mol. The molecule has 0 saturated carbocycles. The summed E-state index contributed by atoms with van der Waals surface area (Å²) < 4.78 is 0. The molecule has 70 valence electrons. The van der Waals surface area contributed by atoms with Crippen LogP contribution in [0.25, 0.3) is 0 Å². The average Bonchev–Trinajstić information content (AvgIpc) is 2.03. The van der Waals surface area contributed by atoms with Crippen LogP contribution >= 0.6 is 0 Å². The van der Waals surface area contributed by atoms with E-state index >= 15 is 0 Å². The Balaban J connectivity index is 4.62. The molecule has 0 aromatic carbocycles. The maximum atomic E-state index is 10.8. The first-order chi connectivity index (χ1) is 6.10. The van der Waals surface area contributed by atoms with E-state index in [9.17, 15) is 4.79 Å². The number of carbonyl (C=O) groups excluding carboxylic acids is 1. The molecule has 0 aromatic heterocycles. The summed E-state index contributed by atoms with van der Waals surface area (Å²) in [5.74, 6) is -0.0961. The van der Waals surface area contributed by atoms with Crippen LogP contribution < -0.4 is 5.32 Å². The van der Waals surface area contributed by atoms with E-state index in [0.717, 1.165) is 11.3 Å². The minimum Gasteiger partial charge on any atom is -0.326 e. The topological polar surface area (TPSA) is 29.1 Å². The molecular weight excluding hydrogens is 162 g/mol. The summed E-state index contributed by atoms with van der Waals surface area (Å²) in [4.78, 5) is 10.8. The van der Waals surface area contributed by atoms with Crippen LogP contribution in [0.3, 0.4) is 0 Å². The Labute approximate surface area is 79.3 Å². The highest BCUT2D eigenvalue weighted by Crippen LogP contribution is 2.00. The maximum Gasteiger partial charge on any atom is 0.221 e. The third kappa shape index (κ3) is 5.67. The Hall–Kier alpha value is -1.57. The van der Waals surface area contributed by atoms with Crippen LogP contribution in [-0.2, 0) is 4.79 Å². The molecule has 0 bridgehead atoms. The quantitative estimate of drug-likeness (QED) is 0.656. The van der Waals surface area contributed by atoms with Crippen LogP contribution in [0.1, 0.15) is 13.8 Å². The number of rotatable bonds is 4. The molecule has 1 N–H and O–H groups in total. The first-order valence-electron chi connectivity index (χ1n) is 4.01. The first-order valence-corrected chi connectivity index (χ1v) is 4.01. The van der Waals surface area contributed by atoms with Gasteiger partial charge in [0.25, 0.3) is 0 Å². The number of carbonyl (C=O) groups is 1.